The summed E-state index contributed by atoms with van der Waals surface area (Å²) in [6.07, 6.45) is 0.101. The number of anilines is 1. The molecule has 0 saturated heterocycles. The number of nitrogens with one attached hydrogen (secondary N) is 3. The number of amides is 2. The molecule has 1 aromatic carbocycles. The lowest BCUT2D eigenvalue weighted by molar-refractivity contribution is -0.126. The fraction of sp³-hybridized carbons (Fsp3) is 0.458. The zero-order chi connectivity index (χ0) is 28.7. The summed E-state index contributed by atoms with van der Waals surface area (Å²) in [7, 11) is 1.55. The number of nitrogen functional groups attached to an aromatic ring is 1. The van der Waals surface area contributed by atoms with Gasteiger partial charge in [-0.2, -0.15) is 9.97 Å². The number of carbonyl (C=O) groups excluding carboxylic acids is 2. The minimum atomic E-state index is -0.386. The Labute approximate surface area is 228 Å². The molecular weight excluding hydrogens is 524 g/mol. The highest BCUT2D eigenvalue weighted by Gasteiger charge is 2.15. The Morgan fingerprint density at radius 2 is 1.80 bits per heavy atom. The molecule has 40 heavy (non-hydrogen) atoms. The van der Waals surface area contributed by atoms with Crippen LogP contribution in [-0.2, 0) is 32.2 Å². The van der Waals surface area contributed by atoms with Gasteiger partial charge in [0.2, 0.25) is 11.8 Å². The van der Waals surface area contributed by atoms with Gasteiger partial charge in [-0.05, 0) is 16.7 Å². The van der Waals surface area contributed by atoms with Crippen molar-refractivity contribution in [1.29, 1.82) is 0 Å². The fourth-order valence-electron chi connectivity index (χ4n) is 3.52. The molecule has 0 saturated carbocycles. The average Bonchev–Trinajstić information content (AvgIpc) is 3.26. The zero-order valence-electron chi connectivity index (χ0n) is 22.1. The van der Waals surface area contributed by atoms with Gasteiger partial charge in [-0.15, -0.1) is 0 Å². The summed E-state index contributed by atoms with van der Waals surface area (Å²) in [6.45, 7) is 2.21. The van der Waals surface area contributed by atoms with Crippen molar-refractivity contribution in [2.75, 3.05) is 52.4 Å². The molecule has 0 aliphatic carbocycles. The van der Waals surface area contributed by atoms with E-state index >= 15 is 0 Å². The Kier molecular flexibility index (Phi) is 11.7. The number of carbonyl (C=O) groups is 2. The van der Waals surface area contributed by atoms with Crippen molar-refractivity contribution in [2.45, 2.75) is 25.9 Å². The summed E-state index contributed by atoms with van der Waals surface area (Å²) in [5.41, 5.74) is 16.1. The van der Waals surface area contributed by atoms with Gasteiger partial charge in [-0.1, -0.05) is 29.4 Å². The molecule has 214 valence electrons. The highest BCUT2D eigenvalue weighted by Crippen LogP contribution is 2.18. The number of aromatic nitrogens is 4. The Morgan fingerprint density at radius 3 is 2.52 bits per heavy atom. The molecule has 0 radical (unpaired) electrons. The van der Waals surface area contributed by atoms with E-state index < -0.39 is 0 Å². The first kappa shape index (κ1) is 29.9. The fourth-order valence-corrected chi connectivity index (χ4v) is 3.52. The second-order valence-corrected chi connectivity index (χ2v) is 8.46. The highest BCUT2D eigenvalue weighted by molar-refractivity contribution is 5.83. The number of nitrogens with two attached hydrogens (primary N) is 1. The van der Waals surface area contributed by atoms with Crippen LogP contribution in [0.5, 0.6) is 6.01 Å². The lowest BCUT2D eigenvalue weighted by Crippen LogP contribution is -2.29. The van der Waals surface area contributed by atoms with Gasteiger partial charge in [0.1, 0.15) is 12.1 Å². The van der Waals surface area contributed by atoms with E-state index in [2.05, 4.69) is 35.6 Å². The van der Waals surface area contributed by atoms with Crippen LogP contribution in [0, 0.1) is 0 Å². The summed E-state index contributed by atoms with van der Waals surface area (Å²) in [5, 5.41) is 8.78. The first-order valence-corrected chi connectivity index (χ1v) is 12.5. The monoisotopic (exact) mass is 556 g/mol. The second-order valence-electron chi connectivity index (χ2n) is 8.46. The number of H-pyrrole nitrogens is 1. The smallest absolute Gasteiger partial charge is 0.328 e. The van der Waals surface area contributed by atoms with E-state index in [0.717, 1.165) is 11.1 Å². The molecular formula is C24H32N10O6. The molecule has 0 fully saturated rings. The van der Waals surface area contributed by atoms with Crippen molar-refractivity contribution in [2.24, 2.45) is 5.11 Å². The number of hydrogen-bond acceptors (Lipinski definition) is 10. The van der Waals surface area contributed by atoms with Crippen molar-refractivity contribution >= 4 is 28.8 Å². The van der Waals surface area contributed by atoms with E-state index in [-0.39, 0.29) is 75.1 Å². The summed E-state index contributed by atoms with van der Waals surface area (Å²) in [4.78, 5) is 50.2. The average molecular weight is 557 g/mol. The molecule has 2 amide bonds. The van der Waals surface area contributed by atoms with Gasteiger partial charge in [0.25, 0.3) is 0 Å². The van der Waals surface area contributed by atoms with E-state index in [1.54, 1.807) is 7.11 Å². The van der Waals surface area contributed by atoms with Crippen LogP contribution in [0.1, 0.15) is 24.0 Å². The van der Waals surface area contributed by atoms with Crippen LogP contribution >= 0.6 is 0 Å². The molecule has 0 aliphatic rings. The standard InChI is InChI=1S/C24H32N10O6/c1-38-12-13-40-23-31-21(25)20-22(32-23)34(24(37)30-20)15-17-4-2-16(3-5-17)14-28-19(36)7-6-18(35)27-8-10-39-11-9-29-33-26/h2-5H,6-15H2,1H3,(H,27,35)(H,28,36)(H,30,37)(H2,25,31,32). The van der Waals surface area contributed by atoms with E-state index in [1.165, 1.54) is 4.57 Å². The first-order chi connectivity index (χ1) is 19.4. The van der Waals surface area contributed by atoms with Crippen molar-refractivity contribution in [1.82, 2.24) is 30.2 Å². The number of aromatic amines is 1. The third-order valence-electron chi connectivity index (χ3n) is 5.55. The number of rotatable bonds is 17. The van der Waals surface area contributed by atoms with Crippen molar-refractivity contribution in [3.8, 4) is 6.01 Å². The van der Waals surface area contributed by atoms with Crippen molar-refractivity contribution < 1.29 is 23.8 Å². The number of azide groups is 1. The number of ether oxygens (including phenoxy) is 3. The molecule has 16 heteroatoms. The van der Waals surface area contributed by atoms with Crippen molar-refractivity contribution in [3.05, 3.63) is 56.3 Å². The topological polar surface area (TPSA) is 224 Å². The van der Waals surface area contributed by atoms with Crippen LogP contribution in [0.25, 0.3) is 21.6 Å². The molecule has 0 spiro atoms. The summed E-state index contributed by atoms with van der Waals surface area (Å²) < 4.78 is 17.0. The predicted octanol–water partition coefficient (Wildman–Crippen LogP) is 0.615. The molecule has 3 rings (SSSR count). The first-order valence-electron chi connectivity index (χ1n) is 12.5. The van der Waals surface area contributed by atoms with Gasteiger partial charge in [-0.25, -0.2) is 4.79 Å². The van der Waals surface area contributed by atoms with Gasteiger partial charge in [0.05, 0.1) is 26.4 Å². The number of methoxy groups -OCH3 is 1. The summed E-state index contributed by atoms with van der Waals surface area (Å²) >= 11 is 0. The van der Waals surface area contributed by atoms with E-state index in [0.29, 0.717) is 30.9 Å². The van der Waals surface area contributed by atoms with Crippen LogP contribution < -0.4 is 26.8 Å². The Morgan fingerprint density at radius 1 is 1.07 bits per heavy atom. The quantitative estimate of drug-likeness (QED) is 0.0789. The number of benzene rings is 1. The van der Waals surface area contributed by atoms with E-state index in [9.17, 15) is 14.4 Å². The maximum absolute atomic E-state index is 12.6. The summed E-state index contributed by atoms with van der Waals surface area (Å²) in [5.74, 6) is -0.410. The predicted molar refractivity (Wildman–Crippen MR) is 144 cm³/mol. The molecule has 16 nitrogen and oxygen atoms in total. The number of imidazole rings is 1. The largest absolute Gasteiger partial charge is 0.461 e. The second kappa shape index (κ2) is 15.7. The molecule has 5 N–H and O–H groups in total. The molecule has 0 unspecified atom stereocenters. The molecule has 3 aromatic rings. The molecule has 2 aromatic heterocycles. The molecule has 0 aliphatic heterocycles. The van der Waals surface area contributed by atoms with Crippen LogP contribution in [0.15, 0.2) is 34.2 Å². The third kappa shape index (κ3) is 9.27. The zero-order valence-corrected chi connectivity index (χ0v) is 22.1. The minimum Gasteiger partial charge on any atom is -0.461 e. The van der Waals surface area contributed by atoms with Gasteiger partial charge in [0, 0.05) is 44.5 Å². The SMILES string of the molecule is COCCOc1nc(N)c2[nH]c(=O)n(Cc3ccc(CNC(=O)CCC(=O)NCCOCCN=[N+]=[N-])cc3)c2n1. The maximum Gasteiger partial charge on any atom is 0.328 e. The normalized spacial score (nSPS) is 10.7. The Balaban J connectivity index is 1.45. The van der Waals surface area contributed by atoms with E-state index in [4.69, 9.17) is 25.5 Å². The molecule has 2 heterocycles. The number of hydrogen-bond donors (Lipinski definition) is 4. The van der Waals surface area contributed by atoms with Crippen LogP contribution in [0.4, 0.5) is 5.82 Å². The lowest BCUT2D eigenvalue weighted by Gasteiger charge is -2.09. The van der Waals surface area contributed by atoms with Gasteiger partial charge < -0.3 is 35.6 Å². The number of fused-ring (bicyclic) bond motifs is 1. The highest BCUT2D eigenvalue weighted by atomic mass is 16.5. The van der Waals surface area contributed by atoms with Crippen molar-refractivity contribution in [3.63, 3.8) is 0 Å². The van der Waals surface area contributed by atoms with Crippen LogP contribution in [0.2, 0.25) is 0 Å². The van der Waals surface area contributed by atoms with Crippen LogP contribution in [0.3, 0.4) is 0 Å². The molecule has 0 bridgehead atoms. The van der Waals surface area contributed by atoms with Gasteiger partial charge in [0.15, 0.2) is 11.5 Å². The third-order valence-corrected chi connectivity index (χ3v) is 5.55. The van der Waals surface area contributed by atoms with Gasteiger partial charge in [-0.3, -0.25) is 14.2 Å². The Bertz CT molecular complexity index is 1380. The van der Waals surface area contributed by atoms with Gasteiger partial charge >= 0.3 is 11.7 Å². The molecule has 0 atom stereocenters. The van der Waals surface area contributed by atoms with E-state index in [1.807, 2.05) is 24.3 Å². The van der Waals surface area contributed by atoms with Crippen LogP contribution in [-0.4, -0.2) is 78.0 Å². The lowest BCUT2D eigenvalue weighted by atomic mass is 10.1. The summed E-state index contributed by atoms with van der Waals surface area (Å²) in [6, 6.07) is 7.41. The Hall–Kier alpha value is -4.66. The minimum absolute atomic E-state index is 0.0475. The number of nitrogens with zero attached hydrogens (tertiary/aromatic N) is 6. The maximum atomic E-state index is 12.6.